The monoisotopic (exact) mass is 505 g/mol. The molecule has 0 aromatic carbocycles. The summed E-state index contributed by atoms with van der Waals surface area (Å²) in [5.41, 5.74) is 10.6. The Morgan fingerprint density at radius 3 is 1.79 bits per heavy atom. The van der Waals surface area contributed by atoms with E-state index in [1.165, 1.54) is 11.8 Å². The Kier molecular flexibility index (Phi) is 14.5. The number of thioether (sulfide) groups is 1. The molecule has 4 amide bonds. The molecule has 0 radical (unpaired) electrons. The number of carbonyl (C=O) groups is 6. The van der Waals surface area contributed by atoms with E-state index in [1.807, 2.05) is 0 Å². The molecule has 0 aromatic rings. The third kappa shape index (κ3) is 13.0. The zero-order chi connectivity index (χ0) is 26.4. The van der Waals surface area contributed by atoms with Crippen LogP contribution in [0, 0.1) is 5.92 Å². The van der Waals surface area contributed by atoms with Gasteiger partial charge >= 0.3 is 11.9 Å². The van der Waals surface area contributed by atoms with Gasteiger partial charge in [-0.05, 0) is 37.2 Å². The van der Waals surface area contributed by atoms with Crippen LogP contribution in [0.5, 0.6) is 0 Å². The molecule has 0 aliphatic heterocycles. The highest BCUT2D eigenvalue weighted by atomic mass is 32.2. The van der Waals surface area contributed by atoms with E-state index >= 15 is 0 Å². The van der Waals surface area contributed by atoms with Gasteiger partial charge < -0.3 is 37.6 Å². The van der Waals surface area contributed by atoms with Crippen LogP contribution in [0.4, 0.5) is 0 Å². The van der Waals surface area contributed by atoms with Gasteiger partial charge in [0, 0.05) is 6.42 Å². The van der Waals surface area contributed by atoms with Crippen LogP contribution in [-0.4, -0.2) is 82.0 Å². The van der Waals surface area contributed by atoms with Gasteiger partial charge in [0.15, 0.2) is 0 Å². The Balaban J connectivity index is 5.53. The Morgan fingerprint density at radius 2 is 1.35 bits per heavy atom. The van der Waals surface area contributed by atoms with E-state index in [4.69, 9.17) is 16.6 Å². The van der Waals surface area contributed by atoms with Gasteiger partial charge in [-0.2, -0.15) is 11.8 Å². The second-order valence-electron chi connectivity index (χ2n) is 8.14. The molecular weight excluding hydrogens is 470 g/mol. The van der Waals surface area contributed by atoms with Crippen LogP contribution in [0.3, 0.4) is 0 Å². The molecule has 0 heterocycles. The van der Waals surface area contributed by atoms with Crippen molar-refractivity contribution in [3.63, 3.8) is 0 Å². The zero-order valence-electron chi connectivity index (χ0n) is 19.5. The lowest BCUT2D eigenvalue weighted by Gasteiger charge is -2.25. The van der Waals surface area contributed by atoms with Crippen molar-refractivity contribution in [2.75, 3.05) is 12.0 Å². The van der Waals surface area contributed by atoms with Crippen molar-refractivity contribution < 1.29 is 39.0 Å². The summed E-state index contributed by atoms with van der Waals surface area (Å²) in [6.45, 7) is 3.60. The molecule has 4 unspecified atom stereocenters. The number of primary amides is 1. The van der Waals surface area contributed by atoms with Crippen LogP contribution in [-0.2, 0) is 28.8 Å². The number of nitrogens with two attached hydrogens (primary N) is 2. The number of hydrogen-bond acceptors (Lipinski definition) is 8. The van der Waals surface area contributed by atoms with Crippen LogP contribution < -0.4 is 27.4 Å². The van der Waals surface area contributed by atoms with Crippen molar-refractivity contribution in [1.29, 1.82) is 0 Å². The molecule has 34 heavy (non-hydrogen) atoms. The van der Waals surface area contributed by atoms with Gasteiger partial charge in [0.05, 0.1) is 12.5 Å². The summed E-state index contributed by atoms with van der Waals surface area (Å²) in [5.74, 6) is -5.29. The SMILES string of the molecule is CSCCC(NC(=O)C(CCC(=O)O)NC(=O)C(N)CC(N)=O)C(=O)NC(CC(C)C)C(=O)O. The number of carboxylic acid groups (broad SMARTS) is 2. The standard InChI is InChI=1S/C20H35N5O8S/c1-10(2)8-14(20(32)33)25-19(31)13(6-7-34-3)24-18(30)12(4-5-16(27)28)23-17(29)11(21)9-15(22)26/h10-14H,4-9,21H2,1-3H3,(H2,22,26)(H,23,29)(H,24,30)(H,25,31)(H,27,28)(H,32,33). The van der Waals surface area contributed by atoms with Crippen molar-refractivity contribution in [2.24, 2.45) is 17.4 Å². The fraction of sp³-hybridized carbons (Fsp3) is 0.700. The predicted molar refractivity (Wildman–Crippen MR) is 125 cm³/mol. The second kappa shape index (κ2) is 15.9. The Hall–Kier alpha value is -2.87. The molecule has 14 heteroatoms. The average molecular weight is 506 g/mol. The van der Waals surface area contributed by atoms with Crippen LogP contribution in [0.2, 0.25) is 0 Å². The number of carbonyl (C=O) groups excluding carboxylic acids is 4. The number of amides is 4. The number of rotatable bonds is 17. The van der Waals surface area contributed by atoms with Crippen LogP contribution in [0.15, 0.2) is 0 Å². The summed E-state index contributed by atoms with van der Waals surface area (Å²) in [6, 6.07) is -4.99. The molecule has 0 saturated heterocycles. The Bertz CT molecular complexity index is 748. The van der Waals surface area contributed by atoms with Crippen molar-refractivity contribution in [3.05, 3.63) is 0 Å². The van der Waals surface area contributed by atoms with E-state index in [-0.39, 0.29) is 25.2 Å². The zero-order valence-corrected chi connectivity index (χ0v) is 20.4. The Morgan fingerprint density at radius 1 is 0.853 bits per heavy atom. The smallest absolute Gasteiger partial charge is 0.326 e. The molecule has 4 atom stereocenters. The van der Waals surface area contributed by atoms with Gasteiger partial charge in [-0.25, -0.2) is 4.79 Å². The van der Waals surface area contributed by atoms with E-state index in [9.17, 15) is 33.9 Å². The molecule has 0 fully saturated rings. The summed E-state index contributed by atoms with van der Waals surface area (Å²) < 4.78 is 0. The largest absolute Gasteiger partial charge is 0.481 e. The molecule has 9 N–H and O–H groups in total. The maximum atomic E-state index is 12.9. The van der Waals surface area contributed by atoms with Gasteiger partial charge in [-0.3, -0.25) is 24.0 Å². The van der Waals surface area contributed by atoms with Crippen molar-refractivity contribution in [3.8, 4) is 0 Å². The highest BCUT2D eigenvalue weighted by molar-refractivity contribution is 7.98. The molecule has 194 valence electrons. The molecular formula is C20H35N5O8S. The van der Waals surface area contributed by atoms with E-state index in [2.05, 4.69) is 16.0 Å². The third-order valence-corrected chi connectivity index (χ3v) is 5.25. The number of hydrogen-bond donors (Lipinski definition) is 7. The van der Waals surface area contributed by atoms with E-state index in [1.54, 1.807) is 20.1 Å². The van der Waals surface area contributed by atoms with E-state index < -0.39 is 72.6 Å². The van der Waals surface area contributed by atoms with Crippen molar-refractivity contribution >= 4 is 47.3 Å². The van der Waals surface area contributed by atoms with Gasteiger partial charge in [-0.15, -0.1) is 0 Å². The van der Waals surface area contributed by atoms with Crippen LogP contribution in [0.1, 0.15) is 46.0 Å². The molecule has 0 aliphatic rings. The maximum Gasteiger partial charge on any atom is 0.326 e. The maximum absolute atomic E-state index is 12.9. The first-order valence-electron chi connectivity index (χ1n) is 10.7. The molecule has 0 aromatic heterocycles. The van der Waals surface area contributed by atoms with Gasteiger partial charge in [0.1, 0.15) is 18.1 Å². The molecule has 13 nitrogen and oxygen atoms in total. The summed E-state index contributed by atoms with van der Waals surface area (Å²) in [6.07, 6.45) is 0.863. The molecule has 0 bridgehead atoms. The fourth-order valence-electron chi connectivity index (χ4n) is 2.87. The lowest BCUT2D eigenvalue weighted by Crippen LogP contribution is -2.57. The van der Waals surface area contributed by atoms with Crippen LogP contribution in [0.25, 0.3) is 0 Å². The van der Waals surface area contributed by atoms with Crippen molar-refractivity contribution in [1.82, 2.24) is 16.0 Å². The summed E-state index contributed by atoms with van der Waals surface area (Å²) in [5, 5.41) is 25.5. The topological polar surface area (TPSA) is 231 Å². The van der Waals surface area contributed by atoms with E-state index in [0.717, 1.165) is 0 Å². The summed E-state index contributed by atoms with van der Waals surface area (Å²) in [7, 11) is 0. The van der Waals surface area contributed by atoms with Gasteiger partial charge in [0.2, 0.25) is 23.6 Å². The average Bonchev–Trinajstić information content (AvgIpc) is 2.71. The molecule has 0 spiro atoms. The minimum Gasteiger partial charge on any atom is -0.481 e. The normalized spacial score (nSPS) is 14.4. The highest BCUT2D eigenvalue weighted by Gasteiger charge is 2.30. The number of aliphatic carboxylic acids is 2. The quantitative estimate of drug-likeness (QED) is 0.119. The first-order valence-corrected chi connectivity index (χ1v) is 12.1. The van der Waals surface area contributed by atoms with Gasteiger partial charge in [-0.1, -0.05) is 13.8 Å². The fourth-order valence-corrected chi connectivity index (χ4v) is 3.34. The van der Waals surface area contributed by atoms with E-state index in [0.29, 0.717) is 5.75 Å². The predicted octanol–water partition coefficient (Wildman–Crippen LogP) is -1.61. The summed E-state index contributed by atoms with van der Waals surface area (Å²) in [4.78, 5) is 71.3. The molecule has 0 aliphatic carbocycles. The lowest BCUT2D eigenvalue weighted by molar-refractivity contribution is -0.142. The minimum absolute atomic E-state index is 0.0131. The number of nitrogens with one attached hydrogen (secondary N) is 3. The second-order valence-corrected chi connectivity index (χ2v) is 9.13. The first-order chi connectivity index (χ1) is 15.8. The molecule has 0 saturated carbocycles. The minimum atomic E-state index is -1.36. The lowest BCUT2D eigenvalue weighted by atomic mass is 10.0. The van der Waals surface area contributed by atoms with Gasteiger partial charge in [0.25, 0.3) is 0 Å². The Labute approximate surface area is 202 Å². The number of carboxylic acids is 2. The van der Waals surface area contributed by atoms with Crippen molar-refractivity contribution in [2.45, 2.75) is 70.1 Å². The first kappa shape index (κ1) is 31.1. The summed E-state index contributed by atoms with van der Waals surface area (Å²) >= 11 is 1.40. The molecule has 0 rings (SSSR count). The highest BCUT2D eigenvalue weighted by Crippen LogP contribution is 2.08. The van der Waals surface area contributed by atoms with Crippen LogP contribution >= 0.6 is 11.8 Å². The third-order valence-electron chi connectivity index (χ3n) is 4.60.